The molecule has 2 heterocycles. The van der Waals surface area contributed by atoms with Crippen LogP contribution in [0.15, 0.2) is 12.1 Å². The zero-order chi connectivity index (χ0) is 15.2. The third-order valence-electron chi connectivity index (χ3n) is 4.22. The van der Waals surface area contributed by atoms with Crippen molar-refractivity contribution in [3.63, 3.8) is 0 Å². The molecule has 0 atom stereocenters. The molecule has 4 rings (SSSR count). The lowest BCUT2D eigenvalue weighted by Crippen LogP contribution is -2.43. The fraction of sp³-hybridized carbons (Fsp3) is 0.600. The highest BCUT2D eigenvalue weighted by atomic mass is 32.1. The van der Waals surface area contributed by atoms with Crippen molar-refractivity contribution >= 4 is 21.7 Å². The van der Waals surface area contributed by atoms with Crippen LogP contribution in [-0.2, 0) is 0 Å². The van der Waals surface area contributed by atoms with Gasteiger partial charge in [0.05, 0.1) is 6.61 Å². The molecule has 0 aliphatic heterocycles. The highest BCUT2D eigenvalue weighted by Gasteiger charge is 2.47. The highest BCUT2D eigenvalue weighted by molar-refractivity contribution is 7.19. The number of hydrogen-bond acceptors (Lipinski definition) is 5. The number of ether oxygens (including phenoxy) is 2. The molecule has 0 N–H and O–H groups in total. The highest BCUT2D eigenvalue weighted by Crippen LogP contribution is 2.41. The fourth-order valence-corrected chi connectivity index (χ4v) is 3.45. The summed E-state index contributed by atoms with van der Waals surface area (Å²) >= 11 is 1.27. The van der Waals surface area contributed by atoms with Gasteiger partial charge in [0.15, 0.2) is 4.83 Å². The maximum Gasteiger partial charge on any atom is 0.276 e. The number of halogens is 2. The lowest BCUT2D eigenvalue weighted by atomic mass is 9.86. The Kier molecular flexibility index (Phi) is 3.40. The van der Waals surface area contributed by atoms with E-state index in [2.05, 4.69) is 9.97 Å². The standard InChI is InChI=1S/C15H16F2N2O2S/c16-15(17)6-10(7-15)21-14-18-11-4-5-12(19-13(11)22-14)20-8-9-2-1-3-9/h4-5,9-10H,1-3,6-8H2. The minimum Gasteiger partial charge on any atom is -0.477 e. The van der Waals surface area contributed by atoms with Crippen molar-refractivity contribution in [3.8, 4) is 11.1 Å². The van der Waals surface area contributed by atoms with Crippen LogP contribution in [0.5, 0.6) is 11.1 Å². The van der Waals surface area contributed by atoms with Crippen LogP contribution in [0.25, 0.3) is 10.3 Å². The Bertz CT molecular complexity index is 679. The number of alkyl halides is 2. The average molecular weight is 326 g/mol. The molecule has 7 heteroatoms. The topological polar surface area (TPSA) is 44.2 Å². The molecular formula is C15H16F2N2O2S. The van der Waals surface area contributed by atoms with Gasteiger partial charge in [-0.15, -0.1) is 0 Å². The first-order valence-corrected chi connectivity index (χ1v) is 8.34. The third-order valence-corrected chi connectivity index (χ3v) is 5.08. The summed E-state index contributed by atoms with van der Waals surface area (Å²) in [4.78, 5) is 9.41. The quantitative estimate of drug-likeness (QED) is 0.831. The van der Waals surface area contributed by atoms with Crippen LogP contribution in [0, 0.1) is 5.92 Å². The molecule has 2 aromatic heterocycles. The van der Waals surface area contributed by atoms with Crippen molar-refractivity contribution in [2.24, 2.45) is 5.92 Å². The van der Waals surface area contributed by atoms with Crippen molar-refractivity contribution in [2.75, 3.05) is 6.61 Å². The number of thiazole rings is 1. The lowest BCUT2D eigenvalue weighted by molar-refractivity contribution is -0.134. The second-order valence-corrected chi connectivity index (χ2v) is 7.01. The molecule has 0 saturated heterocycles. The number of aromatic nitrogens is 2. The average Bonchev–Trinajstić information content (AvgIpc) is 2.76. The van der Waals surface area contributed by atoms with E-state index in [4.69, 9.17) is 9.47 Å². The normalized spacial score (nSPS) is 21.4. The Labute approximate surface area is 130 Å². The second-order valence-electron chi connectivity index (χ2n) is 6.07. The van der Waals surface area contributed by atoms with Gasteiger partial charge in [-0.3, -0.25) is 0 Å². The van der Waals surface area contributed by atoms with Gasteiger partial charge in [-0.1, -0.05) is 17.8 Å². The van der Waals surface area contributed by atoms with E-state index < -0.39 is 12.0 Å². The van der Waals surface area contributed by atoms with Crippen molar-refractivity contribution in [2.45, 2.75) is 44.1 Å². The molecular weight excluding hydrogens is 310 g/mol. The second kappa shape index (κ2) is 5.30. The van der Waals surface area contributed by atoms with Gasteiger partial charge < -0.3 is 9.47 Å². The van der Waals surface area contributed by atoms with Crippen molar-refractivity contribution in [3.05, 3.63) is 12.1 Å². The fourth-order valence-electron chi connectivity index (χ4n) is 2.61. The molecule has 118 valence electrons. The molecule has 22 heavy (non-hydrogen) atoms. The number of hydrogen-bond donors (Lipinski definition) is 0. The predicted molar refractivity (Wildman–Crippen MR) is 78.8 cm³/mol. The Morgan fingerprint density at radius 1 is 1.23 bits per heavy atom. The first kappa shape index (κ1) is 14.1. The zero-order valence-electron chi connectivity index (χ0n) is 11.9. The van der Waals surface area contributed by atoms with E-state index in [1.54, 1.807) is 6.07 Å². The van der Waals surface area contributed by atoms with E-state index in [-0.39, 0.29) is 12.8 Å². The minimum absolute atomic E-state index is 0.230. The summed E-state index contributed by atoms with van der Waals surface area (Å²) < 4.78 is 36.8. The number of rotatable bonds is 5. The molecule has 2 fully saturated rings. The molecule has 2 saturated carbocycles. The van der Waals surface area contributed by atoms with Crippen LogP contribution in [0.3, 0.4) is 0 Å². The molecule has 0 spiro atoms. The van der Waals surface area contributed by atoms with Crippen LogP contribution >= 0.6 is 11.3 Å². The van der Waals surface area contributed by atoms with E-state index in [0.29, 0.717) is 33.9 Å². The predicted octanol–water partition coefficient (Wildman–Crippen LogP) is 4.05. The van der Waals surface area contributed by atoms with Gasteiger partial charge in [0, 0.05) is 18.9 Å². The molecule has 2 aliphatic rings. The van der Waals surface area contributed by atoms with E-state index in [1.807, 2.05) is 6.07 Å². The first-order valence-electron chi connectivity index (χ1n) is 7.52. The van der Waals surface area contributed by atoms with Gasteiger partial charge >= 0.3 is 0 Å². The number of nitrogens with zero attached hydrogens (tertiary/aromatic N) is 2. The number of fused-ring (bicyclic) bond motifs is 1. The van der Waals surface area contributed by atoms with Crippen molar-refractivity contribution in [1.82, 2.24) is 9.97 Å². The van der Waals surface area contributed by atoms with Crippen LogP contribution in [-0.4, -0.2) is 28.6 Å². The molecule has 0 amide bonds. The van der Waals surface area contributed by atoms with Crippen molar-refractivity contribution in [1.29, 1.82) is 0 Å². The van der Waals surface area contributed by atoms with E-state index in [0.717, 1.165) is 0 Å². The first-order chi connectivity index (χ1) is 10.6. The summed E-state index contributed by atoms with van der Waals surface area (Å²) in [6.07, 6.45) is 2.85. The summed E-state index contributed by atoms with van der Waals surface area (Å²) in [5, 5.41) is 0.402. The molecule has 0 radical (unpaired) electrons. The molecule has 4 nitrogen and oxygen atoms in total. The minimum atomic E-state index is -2.58. The lowest BCUT2D eigenvalue weighted by Gasteiger charge is -2.33. The van der Waals surface area contributed by atoms with Crippen LogP contribution < -0.4 is 9.47 Å². The molecule has 2 aromatic rings. The van der Waals surface area contributed by atoms with Crippen molar-refractivity contribution < 1.29 is 18.3 Å². The summed E-state index contributed by atoms with van der Waals surface area (Å²) in [6, 6.07) is 3.62. The van der Waals surface area contributed by atoms with Gasteiger partial charge in [-0.05, 0) is 24.8 Å². The van der Waals surface area contributed by atoms with Crippen LogP contribution in [0.2, 0.25) is 0 Å². The molecule has 0 aromatic carbocycles. The summed E-state index contributed by atoms with van der Waals surface area (Å²) in [6.45, 7) is 0.706. The monoisotopic (exact) mass is 326 g/mol. The van der Waals surface area contributed by atoms with Gasteiger partial charge in [0.25, 0.3) is 11.1 Å². The Hall–Kier alpha value is -1.50. The van der Waals surface area contributed by atoms with Gasteiger partial charge in [-0.25, -0.2) is 18.7 Å². The number of pyridine rings is 1. The summed E-state index contributed by atoms with van der Waals surface area (Å²) in [5.74, 6) is -1.34. The van der Waals surface area contributed by atoms with Crippen LogP contribution in [0.4, 0.5) is 8.78 Å². The van der Waals surface area contributed by atoms with Gasteiger partial charge in [0.2, 0.25) is 5.88 Å². The molecule has 2 aliphatic carbocycles. The molecule has 0 unspecified atom stereocenters. The van der Waals surface area contributed by atoms with Gasteiger partial charge in [-0.2, -0.15) is 0 Å². The largest absolute Gasteiger partial charge is 0.477 e. The SMILES string of the molecule is FC1(F)CC(Oc2nc3ccc(OCC4CCC4)nc3s2)C1. The van der Waals surface area contributed by atoms with Crippen LogP contribution in [0.1, 0.15) is 32.1 Å². The van der Waals surface area contributed by atoms with Gasteiger partial charge in [0.1, 0.15) is 11.6 Å². The maximum absolute atomic E-state index is 12.8. The maximum atomic E-state index is 12.8. The Morgan fingerprint density at radius 3 is 2.73 bits per heavy atom. The summed E-state index contributed by atoms with van der Waals surface area (Å²) in [7, 11) is 0. The van der Waals surface area contributed by atoms with E-state index in [9.17, 15) is 8.78 Å². The Balaban J connectivity index is 1.41. The Morgan fingerprint density at radius 2 is 2.05 bits per heavy atom. The molecule has 0 bridgehead atoms. The van der Waals surface area contributed by atoms with E-state index in [1.165, 1.54) is 30.6 Å². The zero-order valence-corrected chi connectivity index (χ0v) is 12.7. The van der Waals surface area contributed by atoms with E-state index >= 15 is 0 Å². The third kappa shape index (κ3) is 2.86. The summed E-state index contributed by atoms with van der Waals surface area (Å²) in [5.41, 5.74) is 0.710. The smallest absolute Gasteiger partial charge is 0.276 e.